The molecule has 0 amide bonds. The average Bonchev–Trinajstić information content (AvgIpc) is 2.77. The number of pyridine rings is 1. The van der Waals surface area contributed by atoms with Gasteiger partial charge in [0.15, 0.2) is 0 Å². The van der Waals surface area contributed by atoms with Gasteiger partial charge in [-0.3, -0.25) is 4.98 Å². The summed E-state index contributed by atoms with van der Waals surface area (Å²) in [6.45, 7) is 0. The molecular formula is C12H17N3S2. The van der Waals surface area contributed by atoms with E-state index in [-0.39, 0.29) is 0 Å². The van der Waals surface area contributed by atoms with Crippen LogP contribution >= 0.6 is 24.0 Å². The van der Waals surface area contributed by atoms with Gasteiger partial charge in [0.1, 0.15) is 4.99 Å². The van der Waals surface area contributed by atoms with E-state index in [0.29, 0.717) is 16.7 Å². The Labute approximate surface area is 112 Å². The van der Waals surface area contributed by atoms with Gasteiger partial charge in [0.25, 0.3) is 0 Å². The van der Waals surface area contributed by atoms with Crippen LogP contribution < -0.4 is 11.1 Å². The van der Waals surface area contributed by atoms with Gasteiger partial charge in [-0.25, -0.2) is 0 Å². The van der Waals surface area contributed by atoms with Gasteiger partial charge in [0.2, 0.25) is 0 Å². The summed E-state index contributed by atoms with van der Waals surface area (Å²) < 4.78 is 0. The highest BCUT2D eigenvalue weighted by Crippen LogP contribution is 2.30. The van der Waals surface area contributed by atoms with Crippen LogP contribution in [0.4, 0.5) is 5.69 Å². The van der Waals surface area contributed by atoms with E-state index in [1.807, 2.05) is 23.9 Å². The maximum absolute atomic E-state index is 5.51. The van der Waals surface area contributed by atoms with Gasteiger partial charge in [-0.1, -0.05) is 12.2 Å². The molecule has 1 aliphatic rings. The second-order valence-corrected chi connectivity index (χ2v) is 5.89. The molecule has 1 heterocycles. The van der Waals surface area contributed by atoms with Crippen LogP contribution in [-0.4, -0.2) is 27.5 Å². The molecule has 17 heavy (non-hydrogen) atoms. The number of aromatic nitrogens is 1. The Morgan fingerprint density at radius 3 is 2.88 bits per heavy atom. The van der Waals surface area contributed by atoms with Crippen molar-refractivity contribution in [3.8, 4) is 0 Å². The third-order valence-electron chi connectivity index (χ3n) is 3.10. The van der Waals surface area contributed by atoms with Gasteiger partial charge in [-0.05, 0) is 37.7 Å². The van der Waals surface area contributed by atoms with Crippen molar-refractivity contribution in [2.24, 2.45) is 5.73 Å². The van der Waals surface area contributed by atoms with Gasteiger partial charge >= 0.3 is 0 Å². The van der Waals surface area contributed by atoms with Crippen molar-refractivity contribution in [1.82, 2.24) is 4.98 Å². The van der Waals surface area contributed by atoms with E-state index in [1.54, 1.807) is 6.20 Å². The van der Waals surface area contributed by atoms with E-state index in [4.69, 9.17) is 18.0 Å². The Balaban J connectivity index is 1.93. The predicted octanol–water partition coefficient (Wildman–Crippen LogP) is 2.41. The first kappa shape index (κ1) is 12.6. The Bertz CT molecular complexity index is 391. The van der Waals surface area contributed by atoms with Crippen LogP contribution in [0.3, 0.4) is 0 Å². The molecule has 0 spiro atoms. The van der Waals surface area contributed by atoms with E-state index in [0.717, 1.165) is 10.9 Å². The molecule has 2 atom stereocenters. The zero-order chi connectivity index (χ0) is 12.3. The lowest BCUT2D eigenvalue weighted by Crippen LogP contribution is -2.17. The lowest BCUT2D eigenvalue weighted by molar-refractivity contribution is 0.756. The summed E-state index contributed by atoms with van der Waals surface area (Å²) in [5.41, 5.74) is 7.24. The summed E-state index contributed by atoms with van der Waals surface area (Å²) in [5, 5.41) is 4.31. The van der Waals surface area contributed by atoms with E-state index in [2.05, 4.69) is 16.6 Å². The maximum atomic E-state index is 5.51. The van der Waals surface area contributed by atoms with Crippen molar-refractivity contribution in [3.05, 3.63) is 24.0 Å². The van der Waals surface area contributed by atoms with E-state index < -0.39 is 0 Å². The van der Waals surface area contributed by atoms with E-state index >= 15 is 0 Å². The molecule has 1 aromatic heterocycles. The van der Waals surface area contributed by atoms with Crippen molar-refractivity contribution in [2.75, 3.05) is 11.6 Å². The van der Waals surface area contributed by atoms with Crippen molar-refractivity contribution in [2.45, 2.75) is 30.6 Å². The Morgan fingerprint density at radius 2 is 2.35 bits per heavy atom. The molecule has 3 N–H and O–H groups in total. The van der Waals surface area contributed by atoms with Gasteiger partial charge in [-0.2, -0.15) is 11.8 Å². The molecular weight excluding hydrogens is 250 g/mol. The second-order valence-electron chi connectivity index (χ2n) is 4.31. The van der Waals surface area contributed by atoms with Crippen molar-refractivity contribution < 1.29 is 0 Å². The molecule has 0 radical (unpaired) electrons. The summed E-state index contributed by atoms with van der Waals surface area (Å²) in [5.74, 6) is 0. The van der Waals surface area contributed by atoms with Crippen LogP contribution in [0.15, 0.2) is 18.3 Å². The third kappa shape index (κ3) is 3.33. The second kappa shape index (κ2) is 5.69. The van der Waals surface area contributed by atoms with Crippen LogP contribution in [0, 0.1) is 0 Å². The number of nitrogens with one attached hydrogen (secondary N) is 1. The number of rotatable bonds is 4. The van der Waals surface area contributed by atoms with Crippen molar-refractivity contribution in [1.29, 1.82) is 0 Å². The molecule has 0 aliphatic heterocycles. The molecule has 0 bridgehead atoms. The summed E-state index contributed by atoms with van der Waals surface area (Å²) in [4.78, 5) is 4.57. The molecule has 92 valence electrons. The monoisotopic (exact) mass is 267 g/mol. The summed E-state index contributed by atoms with van der Waals surface area (Å²) in [7, 11) is 0. The van der Waals surface area contributed by atoms with Crippen LogP contribution in [-0.2, 0) is 0 Å². The number of hydrogen-bond donors (Lipinski definition) is 2. The zero-order valence-corrected chi connectivity index (χ0v) is 11.5. The topological polar surface area (TPSA) is 50.9 Å². The van der Waals surface area contributed by atoms with Crippen molar-refractivity contribution in [3.63, 3.8) is 0 Å². The molecule has 1 fully saturated rings. The van der Waals surface area contributed by atoms with Crippen LogP contribution in [0.1, 0.15) is 25.0 Å². The van der Waals surface area contributed by atoms with Crippen molar-refractivity contribution >= 4 is 34.7 Å². The fourth-order valence-corrected chi connectivity index (χ4v) is 3.06. The van der Waals surface area contributed by atoms with Crippen LogP contribution in [0.5, 0.6) is 0 Å². The first-order valence-electron chi connectivity index (χ1n) is 5.74. The minimum Gasteiger partial charge on any atom is -0.388 e. The minimum atomic E-state index is 0.347. The molecule has 1 aromatic rings. The molecule has 0 aromatic carbocycles. The minimum absolute atomic E-state index is 0.347. The molecule has 3 nitrogen and oxygen atoms in total. The molecule has 2 rings (SSSR count). The first-order valence-corrected chi connectivity index (χ1v) is 7.44. The zero-order valence-electron chi connectivity index (χ0n) is 9.85. The smallest absolute Gasteiger partial charge is 0.122 e. The summed E-state index contributed by atoms with van der Waals surface area (Å²) in [6.07, 6.45) is 7.77. The predicted molar refractivity (Wildman–Crippen MR) is 78.7 cm³/mol. The van der Waals surface area contributed by atoms with Crippen LogP contribution in [0.25, 0.3) is 0 Å². The number of nitrogens with zero attached hydrogens (tertiary/aromatic N) is 1. The van der Waals surface area contributed by atoms with Gasteiger partial charge < -0.3 is 11.1 Å². The largest absolute Gasteiger partial charge is 0.388 e. The van der Waals surface area contributed by atoms with Gasteiger partial charge in [0, 0.05) is 11.3 Å². The van der Waals surface area contributed by atoms with E-state index in [1.165, 1.54) is 19.3 Å². The van der Waals surface area contributed by atoms with Gasteiger partial charge in [-0.15, -0.1) is 0 Å². The number of anilines is 1. The van der Waals surface area contributed by atoms with Gasteiger partial charge in [0.05, 0.1) is 17.6 Å². The highest BCUT2D eigenvalue weighted by atomic mass is 32.2. The average molecular weight is 267 g/mol. The first-order chi connectivity index (χ1) is 8.19. The molecule has 0 saturated heterocycles. The number of thiocarbonyl (C=S) groups is 1. The molecule has 2 unspecified atom stereocenters. The summed E-state index contributed by atoms with van der Waals surface area (Å²) in [6, 6.07) is 4.43. The Kier molecular flexibility index (Phi) is 4.23. The summed E-state index contributed by atoms with van der Waals surface area (Å²) >= 11 is 6.84. The number of thioether (sulfide) groups is 1. The quantitative estimate of drug-likeness (QED) is 0.821. The highest BCUT2D eigenvalue weighted by molar-refractivity contribution is 7.99. The lowest BCUT2D eigenvalue weighted by Gasteiger charge is -2.14. The fraction of sp³-hybridized carbons (Fsp3) is 0.500. The molecule has 5 heteroatoms. The number of nitrogens with two attached hydrogens (primary N) is 1. The highest BCUT2D eigenvalue weighted by Gasteiger charge is 2.23. The standard InChI is InChI=1S/C12H17N3S2/c1-17-10-4-2-8(6-10)15-9-3-5-11(12(13)16)14-7-9/h3,5,7-8,10,15H,2,4,6H2,1H3,(H2,13,16). The number of hydrogen-bond acceptors (Lipinski definition) is 4. The normalized spacial score (nSPS) is 23.6. The molecule has 1 aliphatic carbocycles. The fourth-order valence-electron chi connectivity index (χ4n) is 2.15. The molecule has 1 saturated carbocycles. The Hall–Kier alpha value is -0.810. The van der Waals surface area contributed by atoms with E-state index in [9.17, 15) is 0 Å². The third-order valence-corrected chi connectivity index (χ3v) is 4.41. The maximum Gasteiger partial charge on any atom is 0.122 e. The Morgan fingerprint density at radius 1 is 1.53 bits per heavy atom. The van der Waals surface area contributed by atoms with Crippen LogP contribution in [0.2, 0.25) is 0 Å². The lowest BCUT2D eigenvalue weighted by atomic mass is 10.2. The SMILES string of the molecule is CSC1CCC(Nc2ccc(C(N)=S)nc2)C1.